The fourth-order valence-corrected chi connectivity index (χ4v) is 1.58. The van der Waals surface area contributed by atoms with Gasteiger partial charge < -0.3 is 10.4 Å². The molecule has 0 saturated carbocycles. The van der Waals surface area contributed by atoms with Gasteiger partial charge in [0.1, 0.15) is 11.9 Å². The number of carboxylic acid groups (broad SMARTS) is 1. The van der Waals surface area contributed by atoms with Crippen LogP contribution in [0.5, 0.6) is 0 Å². The molecule has 0 aliphatic carbocycles. The van der Waals surface area contributed by atoms with Crippen molar-refractivity contribution in [1.82, 2.24) is 5.32 Å². The molecule has 2 atom stereocenters. The second kappa shape index (κ2) is 5.43. The van der Waals surface area contributed by atoms with Crippen molar-refractivity contribution in [2.45, 2.75) is 25.8 Å². The Morgan fingerprint density at radius 1 is 1.29 bits per heavy atom. The molecule has 4 nitrogen and oxygen atoms in total. The Balaban J connectivity index is 2.91. The smallest absolute Gasteiger partial charge is 0.326 e. The molecular formula is C12H14FNO3. The van der Waals surface area contributed by atoms with E-state index in [1.807, 2.05) is 0 Å². The van der Waals surface area contributed by atoms with Crippen LogP contribution in [0.3, 0.4) is 0 Å². The highest BCUT2D eigenvalue weighted by molar-refractivity contribution is 5.83. The Hall–Kier alpha value is -1.91. The molecule has 1 aromatic rings. The van der Waals surface area contributed by atoms with Crippen LogP contribution in [0.1, 0.15) is 25.3 Å². The van der Waals surface area contributed by atoms with Crippen molar-refractivity contribution in [2.75, 3.05) is 0 Å². The number of hydrogen-bond donors (Lipinski definition) is 2. The van der Waals surface area contributed by atoms with Gasteiger partial charge in [-0.1, -0.05) is 19.1 Å². The molecule has 0 bridgehead atoms. The van der Waals surface area contributed by atoms with Gasteiger partial charge in [-0.2, -0.15) is 0 Å². The predicted molar refractivity (Wildman–Crippen MR) is 60.1 cm³/mol. The lowest BCUT2D eigenvalue weighted by atomic mass is 9.93. The summed E-state index contributed by atoms with van der Waals surface area (Å²) in [5.74, 6) is -2.34. The summed E-state index contributed by atoms with van der Waals surface area (Å²) in [5, 5.41) is 11.4. The molecule has 2 N–H and O–H groups in total. The van der Waals surface area contributed by atoms with Crippen LogP contribution in [0.15, 0.2) is 24.3 Å². The SMILES string of the molecule is CC(=O)N[C@@H](C(=O)O)[C@H](C)c1ccc(F)cc1. The largest absolute Gasteiger partial charge is 0.480 e. The van der Waals surface area contributed by atoms with Crippen LogP contribution >= 0.6 is 0 Å². The highest BCUT2D eigenvalue weighted by atomic mass is 19.1. The molecule has 17 heavy (non-hydrogen) atoms. The van der Waals surface area contributed by atoms with E-state index in [9.17, 15) is 14.0 Å². The number of carbonyl (C=O) groups excluding carboxylic acids is 1. The minimum Gasteiger partial charge on any atom is -0.480 e. The molecular weight excluding hydrogens is 225 g/mol. The van der Waals surface area contributed by atoms with E-state index >= 15 is 0 Å². The summed E-state index contributed by atoms with van der Waals surface area (Å²) < 4.78 is 12.7. The van der Waals surface area contributed by atoms with E-state index in [0.29, 0.717) is 5.56 Å². The Labute approximate surface area is 98.5 Å². The lowest BCUT2D eigenvalue weighted by Crippen LogP contribution is -2.43. The average Bonchev–Trinajstić information content (AvgIpc) is 2.25. The number of amides is 1. The van der Waals surface area contributed by atoms with E-state index in [1.54, 1.807) is 6.92 Å². The van der Waals surface area contributed by atoms with Crippen molar-refractivity contribution >= 4 is 11.9 Å². The first-order chi connectivity index (χ1) is 7.91. The Morgan fingerprint density at radius 2 is 1.82 bits per heavy atom. The van der Waals surface area contributed by atoms with E-state index in [1.165, 1.54) is 31.2 Å². The minimum atomic E-state index is -1.11. The monoisotopic (exact) mass is 239 g/mol. The van der Waals surface area contributed by atoms with Gasteiger partial charge in [-0.3, -0.25) is 4.79 Å². The molecule has 0 aliphatic heterocycles. The van der Waals surface area contributed by atoms with Gasteiger partial charge in [-0.15, -0.1) is 0 Å². The third kappa shape index (κ3) is 3.55. The Bertz CT molecular complexity index is 416. The van der Waals surface area contributed by atoms with E-state index in [2.05, 4.69) is 5.32 Å². The number of hydrogen-bond acceptors (Lipinski definition) is 2. The van der Waals surface area contributed by atoms with Crippen molar-refractivity contribution in [3.63, 3.8) is 0 Å². The van der Waals surface area contributed by atoms with E-state index in [0.717, 1.165) is 0 Å². The Morgan fingerprint density at radius 3 is 2.24 bits per heavy atom. The summed E-state index contributed by atoms with van der Waals surface area (Å²) in [6, 6.07) is 4.53. The van der Waals surface area contributed by atoms with Crippen LogP contribution in [-0.4, -0.2) is 23.0 Å². The maximum atomic E-state index is 12.7. The third-order valence-corrected chi connectivity index (χ3v) is 2.52. The standard InChI is InChI=1S/C12H14FNO3/c1-7(9-3-5-10(13)6-4-9)11(12(16)17)14-8(2)15/h3-7,11H,1-2H3,(H,14,15)(H,16,17)/t7-,11-/m1/s1. The quantitative estimate of drug-likeness (QED) is 0.837. The van der Waals surface area contributed by atoms with Gasteiger partial charge >= 0.3 is 5.97 Å². The summed E-state index contributed by atoms with van der Waals surface area (Å²) in [5.41, 5.74) is 0.660. The van der Waals surface area contributed by atoms with Crippen molar-refractivity contribution < 1.29 is 19.1 Å². The van der Waals surface area contributed by atoms with Gasteiger partial charge in [0.15, 0.2) is 0 Å². The van der Waals surface area contributed by atoms with Gasteiger partial charge in [0, 0.05) is 12.8 Å². The summed E-state index contributed by atoms with van der Waals surface area (Å²) in [6.45, 7) is 2.93. The van der Waals surface area contributed by atoms with Crippen molar-refractivity contribution in [3.05, 3.63) is 35.6 Å². The number of benzene rings is 1. The lowest BCUT2D eigenvalue weighted by molar-refractivity contribution is -0.142. The van der Waals surface area contributed by atoms with Crippen molar-refractivity contribution in [1.29, 1.82) is 0 Å². The number of aliphatic carboxylic acids is 1. The summed E-state index contributed by atoms with van der Waals surface area (Å²) in [7, 11) is 0. The van der Waals surface area contributed by atoms with Crippen molar-refractivity contribution in [2.24, 2.45) is 0 Å². The molecule has 1 rings (SSSR count). The fourth-order valence-electron chi connectivity index (χ4n) is 1.58. The topological polar surface area (TPSA) is 66.4 Å². The van der Waals surface area contributed by atoms with Crippen LogP contribution < -0.4 is 5.32 Å². The molecule has 0 saturated heterocycles. The summed E-state index contributed by atoms with van der Waals surface area (Å²) in [6.07, 6.45) is 0. The van der Waals surface area contributed by atoms with Gasteiger partial charge in [-0.25, -0.2) is 9.18 Å². The number of carboxylic acids is 1. The van der Waals surface area contributed by atoms with Crippen LogP contribution in [0.25, 0.3) is 0 Å². The average molecular weight is 239 g/mol. The van der Waals surface area contributed by atoms with Crippen LogP contribution in [-0.2, 0) is 9.59 Å². The predicted octanol–water partition coefficient (Wildman–Crippen LogP) is 1.52. The van der Waals surface area contributed by atoms with Crippen LogP contribution in [0, 0.1) is 5.82 Å². The molecule has 0 fully saturated rings. The molecule has 1 aromatic carbocycles. The van der Waals surface area contributed by atoms with Crippen LogP contribution in [0.2, 0.25) is 0 Å². The van der Waals surface area contributed by atoms with Crippen molar-refractivity contribution in [3.8, 4) is 0 Å². The maximum absolute atomic E-state index is 12.7. The van der Waals surface area contributed by atoms with Crippen LogP contribution in [0.4, 0.5) is 4.39 Å². The minimum absolute atomic E-state index is 0.382. The summed E-state index contributed by atoms with van der Waals surface area (Å²) in [4.78, 5) is 21.9. The van der Waals surface area contributed by atoms with E-state index in [4.69, 9.17) is 5.11 Å². The molecule has 0 aromatic heterocycles. The highest BCUT2D eigenvalue weighted by Crippen LogP contribution is 2.19. The molecule has 1 amide bonds. The number of halogens is 1. The van der Waals surface area contributed by atoms with Gasteiger partial charge in [0.25, 0.3) is 0 Å². The molecule has 0 heterocycles. The number of rotatable bonds is 4. The molecule has 0 aliphatic rings. The first-order valence-corrected chi connectivity index (χ1v) is 5.17. The lowest BCUT2D eigenvalue weighted by Gasteiger charge is -2.21. The third-order valence-electron chi connectivity index (χ3n) is 2.52. The first-order valence-electron chi connectivity index (χ1n) is 5.17. The molecule has 5 heteroatoms. The zero-order chi connectivity index (χ0) is 13.0. The fraction of sp³-hybridized carbons (Fsp3) is 0.333. The molecule has 92 valence electrons. The second-order valence-corrected chi connectivity index (χ2v) is 3.86. The van der Waals surface area contributed by atoms with E-state index < -0.39 is 23.8 Å². The van der Waals surface area contributed by atoms with E-state index in [-0.39, 0.29) is 5.82 Å². The van der Waals surface area contributed by atoms with Gasteiger partial charge in [0.2, 0.25) is 5.91 Å². The van der Waals surface area contributed by atoms with Gasteiger partial charge in [0.05, 0.1) is 0 Å². The number of carbonyl (C=O) groups is 2. The molecule has 0 radical (unpaired) electrons. The highest BCUT2D eigenvalue weighted by Gasteiger charge is 2.26. The first kappa shape index (κ1) is 13.2. The molecule has 0 spiro atoms. The zero-order valence-corrected chi connectivity index (χ0v) is 9.61. The Kier molecular flexibility index (Phi) is 4.20. The van der Waals surface area contributed by atoms with Gasteiger partial charge in [-0.05, 0) is 17.7 Å². The molecule has 0 unspecified atom stereocenters. The summed E-state index contributed by atoms with van der Waals surface area (Å²) >= 11 is 0. The maximum Gasteiger partial charge on any atom is 0.326 e. The number of nitrogens with one attached hydrogen (secondary N) is 1. The zero-order valence-electron chi connectivity index (χ0n) is 9.61. The normalized spacial score (nSPS) is 13.8. The second-order valence-electron chi connectivity index (χ2n) is 3.86.